The number of ether oxygens (including phenoxy) is 1. The minimum Gasteiger partial charge on any atom is -0.444 e. The molecule has 1 saturated heterocycles. The minimum atomic E-state index is -0.547. The third-order valence-corrected chi connectivity index (χ3v) is 2.94. The van der Waals surface area contributed by atoms with Gasteiger partial charge in [0.05, 0.1) is 0 Å². The van der Waals surface area contributed by atoms with Crippen molar-refractivity contribution >= 4 is 12.0 Å². The average molecular weight is 247 g/mol. The highest BCUT2D eigenvalue weighted by Crippen LogP contribution is 2.30. The van der Waals surface area contributed by atoms with Crippen LogP contribution in [0.15, 0.2) is 30.3 Å². The molecule has 1 aromatic carbocycles. The number of imide groups is 1. The molecule has 0 unspecified atom stereocenters. The fourth-order valence-corrected chi connectivity index (χ4v) is 2.04. The summed E-state index contributed by atoms with van der Waals surface area (Å²) >= 11 is 0. The molecule has 0 radical (unpaired) electrons. The second kappa shape index (κ2) is 4.80. The molecule has 2 rings (SSSR count). The molecule has 0 spiro atoms. The minimum absolute atomic E-state index is 0.150. The van der Waals surface area contributed by atoms with Crippen LogP contribution in [0.1, 0.15) is 25.8 Å². The van der Waals surface area contributed by atoms with E-state index in [0.29, 0.717) is 13.0 Å². The summed E-state index contributed by atoms with van der Waals surface area (Å²) < 4.78 is 5.14. The van der Waals surface area contributed by atoms with Gasteiger partial charge in [0.1, 0.15) is 6.61 Å². The standard InChI is InChI=1S/C14H17NO3/c1-14(2)8-12(16)15(10-14)13(17)18-9-11-6-4-3-5-7-11/h3-7H,8-10H2,1-2H3. The number of hydrogen-bond donors (Lipinski definition) is 0. The number of carbonyl (C=O) groups is 2. The monoisotopic (exact) mass is 247 g/mol. The molecular formula is C14H17NO3. The van der Waals surface area contributed by atoms with Crippen molar-refractivity contribution in [2.75, 3.05) is 6.54 Å². The van der Waals surface area contributed by atoms with E-state index in [4.69, 9.17) is 4.74 Å². The quantitative estimate of drug-likeness (QED) is 0.807. The van der Waals surface area contributed by atoms with Crippen molar-refractivity contribution in [1.82, 2.24) is 4.90 Å². The van der Waals surface area contributed by atoms with E-state index >= 15 is 0 Å². The summed E-state index contributed by atoms with van der Waals surface area (Å²) in [6.07, 6.45) is -0.151. The number of hydrogen-bond acceptors (Lipinski definition) is 3. The van der Waals surface area contributed by atoms with Gasteiger partial charge < -0.3 is 4.74 Å². The van der Waals surface area contributed by atoms with E-state index in [2.05, 4.69) is 0 Å². The molecule has 0 aliphatic carbocycles. The zero-order chi connectivity index (χ0) is 13.2. The van der Waals surface area contributed by atoms with Crippen molar-refractivity contribution in [2.24, 2.45) is 5.41 Å². The Labute approximate surface area is 107 Å². The molecule has 1 aromatic rings. The maximum absolute atomic E-state index is 11.8. The van der Waals surface area contributed by atoms with E-state index in [1.807, 2.05) is 44.2 Å². The van der Waals surface area contributed by atoms with Gasteiger partial charge >= 0.3 is 6.09 Å². The Kier molecular flexibility index (Phi) is 3.36. The Hall–Kier alpha value is -1.84. The number of nitrogens with zero attached hydrogens (tertiary/aromatic N) is 1. The van der Waals surface area contributed by atoms with Crippen LogP contribution < -0.4 is 0 Å². The van der Waals surface area contributed by atoms with Crippen molar-refractivity contribution in [3.8, 4) is 0 Å². The molecule has 18 heavy (non-hydrogen) atoms. The van der Waals surface area contributed by atoms with E-state index in [-0.39, 0.29) is 17.9 Å². The van der Waals surface area contributed by atoms with Crippen LogP contribution >= 0.6 is 0 Å². The molecule has 0 atom stereocenters. The van der Waals surface area contributed by atoms with Crippen LogP contribution in [0.3, 0.4) is 0 Å². The molecule has 4 heteroatoms. The molecule has 1 aliphatic heterocycles. The van der Waals surface area contributed by atoms with E-state index in [1.165, 1.54) is 4.90 Å². The Balaban J connectivity index is 1.91. The van der Waals surface area contributed by atoms with Gasteiger partial charge in [-0.05, 0) is 11.0 Å². The predicted octanol–water partition coefficient (Wildman–Crippen LogP) is 2.58. The Morgan fingerprint density at radius 1 is 1.33 bits per heavy atom. The lowest BCUT2D eigenvalue weighted by Gasteiger charge is -2.17. The SMILES string of the molecule is CC1(C)CC(=O)N(C(=O)OCc2ccccc2)C1. The fourth-order valence-electron chi connectivity index (χ4n) is 2.04. The summed E-state index contributed by atoms with van der Waals surface area (Å²) in [7, 11) is 0. The van der Waals surface area contributed by atoms with Crippen molar-refractivity contribution in [2.45, 2.75) is 26.9 Å². The molecule has 1 fully saturated rings. The molecule has 96 valence electrons. The van der Waals surface area contributed by atoms with Crippen LogP contribution in [0.25, 0.3) is 0 Å². The molecule has 1 heterocycles. The third-order valence-electron chi connectivity index (χ3n) is 2.94. The first-order chi connectivity index (χ1) is 8.48. The highest BCUT2D eigenvalue weighted by atomic mass is 16.6. The van der Waals surface area contributed by atoms with Crippen molar-refractivity contribution in [1.29, 1.82) is 0 Å². The van der Waals surface area contributed by atoms with Crippen LogP contribution in [0.5, 0.6) is 0 Å². The van der Waals surface area contributed by atoms with Crippen molar-refractivity contribution < 1.29 is 14.3 Å². The van der Waals surface area contributed by atoms with Gasteiger partial charge in [-0.2, -0.15) is 0 Å². The molecule has 1 aliphatic rings. The maximum atomic E-state index is 11.8. The number of rotatable bonds is 2. The molecule has 2 amide bonds. The van der Waals surface area contributed by atoms with Gasteiger partial charge in [0.15, 0.2) is 0 Å². The van der Waals surface area contributed by atoms with Gasteiger partial charge in [0.2, 0.25) is 5.91 Å². The third kappa shape index (κ3) is 2.88. The first-order valence-corrected chi connectivity index (χ1v) is 5.99. The topological polar surface area (TPSA) is 46.6 Å². The Morgan fingerprint density at radius 3 is 2.56 bits per heavy atom. The molecule has 0 bridgehead atoms. The van der Waals surface area contributed by atoms with E-state index in [0.717, 1.165) is 5.56 Å². The predicted molar refractivity (Wildman–Crippen MR) is 66.7 cm³/mol. The summed E-state index contributed by atoms with van der Waals surface area (Å²) in [5.41, 5.74) is 0.764. The number of benzene rings is 1. The molecule has 0 aromatic heterocycles. The van der Waals surface area contributed by atoms with Gasteiger partial charge in [0.25, 0.3) is 0 Å². The maximum Gasteiger partial charge on any atom is 0.416 e. The van der Waals surface area contributed by atoms with Crippen LogP contribution in [0, 0.1) is 5.41 Å². The smallest absolute Gasteiger partial charge is 0.416 e. The van der Waals surface area contributed by atoms with Crippen molar-refractivity contribution in [3.63, 3.8) is 0 Å². The second-order valence-electron chi connectivity index (χ2n) is 5.36. The normalized spacial score (nSPS) is 17.9. The zero-order valence-electron chi connectivity index (χ0n) is 10.7. The molecule has 0 N–H and O–H groups in total. The van der Waals surface area contributed by atoms with Crippen LogP contribution in [0.4, 0.5) is 4.79 Å². The van der Waals surface area contributed by atoms with Crippen LogP contribution in [-0.4, -0.2) is 23.4 Å². The van der Waals surface area contributed by atoms with Gasteiger partial charge in [-0.3, -0.25) is 4.79 Å². The largest absolute Gasteiger partial charge is 0.444 e. The summed E-state index contributed by atoms with van der Waals surface area (Å²) in [6, 6.07) is 9.42. The first-order valence-electron chi connectivity index (χ1n) is 5.99. The average Bonchev–Trinajstić information content (AvgIpc) is 2.61. The Bertz CT molecular complexity index is 453. The van der Waals surface area contributed by atoms with E-state index < -0.39 is 6.09 Å². The van der Waals surface area contributed by atoms with Gasteiger partial charge in [-0.1, -0.05) is 44.2 Å². The summed E-state index contributed by atoms with van der Waals surface area (Å²) in [5.74, 6) is -0.155. The zero-order valence-corrected chi connectivity index (χ0v) is 10.7. The molecular weight excluding hydrogens is 230 g/mol. The number of carbonyl (C=O) groups excluding carboxylic acids is 2. The van der Waals surface area contributed by atoms with E-state index in [9.17, 15) is 9.59 Å². The summed E-state index contributed by atoms with van der Waals surface area (Å²) in [5, 5.41) is 0. The molecule has 0 saturated carbocycles. The first kappa shape index (κ1) is 12.6. The van der Waals surface area contributed by atoms with Crippen LogP contribution in [0.2, 0.25) is 0 Å². The fraction of sp³-hybridized carbons (Fsp3) is 0.429. The number of likely N-dealkylation sites (tertiary alicyclic amines) is 1. The lowest BCUT2D eigenvalue weighted by Crippen LogP contribution is -2.33. The molecule has 4 nitrogen and oxygen atoms in total. The highest BCUT2D eigenvalue weighted by Gasteiger charge is 2.39. The summed E-state index contributed by atoms with van der Waals surface area (Å²) in [6.45, 7) is 4.56. The van der Waals surface area contributed by atoms with Gasteiger partial charge in [-0.15, -0.1) is 0 Å². The Morgan fingerprint density at radius 2 is 2.00 bits per heavy atom. The lowest BCUT2D eigenvalue weighted by molar-refractivity contribution is -0.126. The number of amides is 2. The van der Waals surface area contributed by atoms with E-state index in [1.54, 1.807) is 0 Å². The van der Waals surface area contributed by atoms with Gasteiger partial charge in [-0.25, -0.2) is 9.69 Å². The van der Waals surface area contributed by atoms with Crippen LogP contribution in [-0.2, 0) is 16.1 Å². The second-order valence-corrected chi connectivity index (χ2v) is 5.36. The lowest BCUT2D eigenvalue weighted by atomic mass is 9.93. The van der Waals surface area contributed by atoms with Crippen molar-refractivity contribution in [3.05, 3.63) is 35.9 Å². The van der Waals surface area contributed by atoms with Gasteiger partial charge in [0, 0.05) is 13.0 Å². The highest BCUT2D eigenvalue weighted by molar-refractivity contribution is 5.94. The summed E-state index contributed by atoms with van der Waals surface area (Å²) in [4.78, 5) is 24.7.